The van der Waals surface area contributed by atoms with Gasteiger partial charge >= 0.3 is 5.97 Å². The summed E-state index contributed by atoms with van der Waals surface area (Å²) in [5.41, 5.74) is 2.12. The summed E-state index contributed by atoms with van der Waals surface area (Å²) in [4.78, 5) is 19.6. The summed E-state index contributed by atoms with van der Waals surface area (Å²) < 4.78 is 15.7. The van der Waals surface area contributed by atoms with Crippen LogP contribution in [0.2, 0.25) is 0 Å². The van der Waals surface area contributed by atoms with E-state index in [1.165, 1.54) is 12.1 Å². The molecular formula is C17H16FN5O2. The minimum Gasteiger partial charge on any atom is -0.478 e. The number of nitrogens with zero attached hydrogens (tertiary/aromatic N) is 4. The molecule has 7 nitrogen and oxygen atoms in total. The van der Waals surface area contributed by atoms with Crippen LogP contribution in [0.5, 0.6) is 0 Å². The summed E-state index contributed by atoms with van der Waals surface area (Å²) in [5, 5.41) is 16.1. The number of carbonyl (C=O) groups is 1. The van der Waals surface area contributed by atoms with Gasteiger partial charge in [0.25, 0.3) is 0 Å². The highest BCUT2D eigenvalue weighted by atomic mass is 19.1. The van der Waals surface area contributed by atoms with E-state index >= 15 is 0 Å². The van der Waals surface area contributed by atoms with E-state index in [2.05, 4.69) is 20.4 Å². The zero-order chi connectivity index (χ0) is 18.0. The van der Waals surface area contributed by atoms with Crippen LogP contribution in [0.1, 0.15) is 22.8 Å². The number of carboxylic acid groups (broad SMARTS) is 1. The molecule has 3 aromatic rings. The summed E-state index contributed by atoms with van der Waals surface area (Å²) in [6, 6.07) is 3.92. The van der Waals surface area contributed by atoms with Crippen LogP contribution in [0.3, 0.4) is 0 Å². The second-order valence-corrected chi connectivity index (χ2v) is 5.43. The van der Waals surface area contributed by atoms with Crippen LogP contribution in [-0.4, -0.2) is 30.8 Å². The third-order valence-electron chi connectivity index (χ3n) is 3.66. The molecule has 0 radical (unpaired) electrons. The fourth-order valence-corrected chi connectivity index (χ4v) is 2.36. The first kappa shape index (κ1) is 16.6. The third kappa shape index (κ3) is 3.47. The average Bonchev–Trinajstić information content (AvgIpc) is 3.03. The van der Waals surface area contributed by atoms with Crippen LogP contribution in [0, 0.1) is 12.7 Å². The molecule has 0 spiro atoms. The molecule has 8 heteroatoms. The van der Waals surface area contributed by atoms with Crippen molar-refractivity contribution in [3.8, 4) is 11.3 Å². The molecule has 1 aromatic carbocycles. The van der Waals surface area contributed by atoms with Gasteiger partial charge in [0, 0.05) is 24.5 Å². The number of carboxylic acids is 1. The van der Waals surface area contributed by atoms with Crippen LogP contribution in [0.15, 0.2) is 36.8 Å². The maximum Gasteiger partial charge on any atom is 0.338 e. The van der Waals surface area contributed by atoms with E-state index in [0.717, 1.165) is 23.9 Å². The molecule has 0 amide bonds. The first-order valence-corrected chi connectivity index (χ1v) is 7.64. The smallest absolute Gasteiger partial charge is 0.338 e. The van der Waals surface area contributed by atoms with Gasteiger partial charge in [0.15, 0.2) is 0 Å². The zero-order valence-corrected chi connectivity index (χ0v) is 13.7. The highest BCUT2D eigenvalue weighted by Gasteiger charge is 2.14. The number of hydrogen-bond donors (Lipinski definition) is 2. The highest BCUT2D eigenvalue weighted by molar-refractivity contribution is 5.88. The summed E-state index contributed by atoms with van der Waals surface area (Å²) in [6.45, 7) is 4.53. The Hall–Kier alpha value is -3.29. The Labute approximate surface area is 143 Å². The van der Waals surface area contributed by atoms with Crippen molar-refractivity contribution in [2.45, 2.75) is 20.4 Å². The molecule has 2 aromatic heterocycles. The molecule has 2 N–H and O–H groups in total. The van der Waals surface area contributed by atoms with Gasteiger partial charge in [-0.2, -0.15) is 5.10 Å². The first-order valence-electron chi connectivity index (χ1n) is 7.64. The van der Waals surface area contributed by atoms with Gasteiger partial charge in [-0.05, 0) is 31.5 Å². The summed E-state index contributed by atoms with van der Waals surface area (Å²) in [5.74, 6) is -1.76. The van der Waals surface area contributed by atoms with Crippen LogP contribution < -0.4 is 5.32 Å². The maximum absolute atomic E-state index is 14.0. The Balaban J connectivity index is 1.94. The minimum atomic E-state index is -1.31. The van der Waals surface area contributed by atoms with Crippen molar-refractivity contribution in [2.24, 2.45) is 0 Å². The highest BCUT2D eigenvalue weighted by Crippen LogP contribution is 2.25. The Bertz CT molecular complexity index is 939. The van der Waals surface area contributed by atoms with Crippen molar-refractivity contribution >= 4 is 17.6 Å². The Kier molecular flexibility index (Phi) is 4.42. The summed E-state index contributed by atoms with van der Waals surface area (Å²) in [7, 11) is 0. The fourth-order valence-electron chi connectivity index (χ4n) is 2.36. The molecular weight excluding hydrogens is 325 g/mol. The molecule has 0 saturated heterocycles. The van der Waals surface area contributed by atoms with Gasteiger partial charge in [-0.1, -0.05) is 6.07 Å². The van der Waals surface area contributed by atoms with E-state index < -0.39 is 11.8 Å². The lowest BCUT2D eigenvalue weighted by molar-refractivity contribution is 0.0692. The number of halogens is 1. The molecule has 128 valence electrons. The largest absolute Gasteiger partial charge is 0.478 e. The SMILES string of the molecule is CCn1cc(Nc2ncc(C)c(-c3ccc(C(=O)O)c(F)c3)n2)cn1. The molecule has 3 rings (SSSR count). The van der Waals surface area contributed by atoms with Crippen molar-refractivity contribution in [3.63, 3.8) is 0 Å². The minimum absolute atomic E-state index is 0.346. The van der Waals surface area contributed by atoms with Crippen LogP contribution in [0.25, 0.3) is 11.3 Å². The standard InChI is InChI=1S/C17H16FN5O2/c1-3-23-9-12(8-20-23)21-17-19-7-10(2)15(22-17)11-4-5-13(16(24)25)14(18)6-11/h4-9H,3H2,1-2H3,(H,24,25)(H,19,21,22). The number of hydrogen-bond acceptors (Lipinski definition) is 5. The second kappa shape index (κ2) is 6.68. The fraction of sp³-hybridized carbons (Fsp3) is 0.176. The number of anilines is 2. The van der Waals surface area contributed by atoms with Gasteiger partial charge < -0.3 is 10.4 Å². The second-order valence-electron chi connectivity index (χ2n) is 5.43. The maximum atomic E-state index is 14.0. The Morgan fingerprint density at radius 3 is 2.80 bits per heavy atom. The number of nitrogens with one attached hydrogen (secondary N) is 1. The molecule has 0 aliphatic rings. The molecule has 0 aliphatic carbocycles. The van der Waals surface area contributed by atoms with Crippen molar-refractivity contribution in [3.05, 3.63) is 53.7 Å². The van der Waals surface area contributed by atoms with Crippen molar-refractivity contribution in [1.82, 2.24) is 19.7 Å². The third-order valence-corrected chi connectivity index (χ3v) is 3.66. The number of rotatable bonds is 5. The van der Waals surface area contributed by atoms with E-state index in [4.69, 9.17) is 5.11 Å². The predicted molar refractivity (Wildman–Crippen MR) is 90.3 cm³/mol. The van der Waals surface area contributed by atoms with E-state index in [1.54, 1.807) is 24.0 Å². The van der Waals surface area contributed by atoms with Crippen molar-refractivity contribution < 1.29 is 14.3 Å². The lowest BCUT2D eigenvalue weighted by Gasteiger charge is -2.09. The van der Waals surface area contributed by atoms with Gasteiger partial charge in [0.1, 0.15) is 5.82 Å². The Morgan fingerprint density at radius 2 is 2.16 bits per heavy atom. The van der Waals surface area contributed by atoms with E-state index in [1.807, 2.05) is 13.1 Å². The molecule has 2 heterocycles. The molecule has 0 bridgehead atoms. The van der Waals surface area contributed by atoms with Crippen molar-refractivity contribution in [2.75, 3.05) is 5.32 Å². The van der Waals surface area contributed by atoms with Crippen LogP contribution in [-0.2, 0) is 6.54 Å². The molecule has 0 aliphatic heterocycles. The topological polar surface area (TPSA) is 92.9 Å². The predicted octanol–water partition coefficient (Wildman–Crippen LogP) is 3.25. The summed E-state index contributed by atoms with van der Waals surface area (Å²) in [6.07, 6.45) is 5.11. The quantitative estimate of drug-likeness (QED) is 0.740. The molecule has 0 atom stereocenters. The van der Waals surface area contributed by atoms with Gasteiger partial charge in [0.05, 0.1) is 23.1 Å². The Morgan fingerprint density at radius 1 is 1.36 bits per heavy atom. The lowest BCUT2D eigenvalue weighted by atomic mass is 10.1. The van der Waals surface area contributed by atoms with Crippen molar-refractivity contribution in [1.29, 1.82) is 0 Å². The number of aromatic nitrogens is 4. The molecule has 25 heavy (non-hydrogen) atoms. The van der Waals surface area contributed by atoms with E-state index in [-0.39, 0.29) is 5.56 Å². The van der Waals surface area contributed by atoms with Gasteiger partial charge in [-0.25, -0.2) is 19.2 Å². The van der Waals surface area contributed by atoms with Gasteiger partial charge in [-0.15, -0.1) is 0 Å². The normalized spacial score (nSPS) is 10.7. The van der Waals surface area contributed by atoms with E-state index in [0.29, 0.717) is 17.2 Å². The number of aromatic carboxylic acids is 1. The average molecular weight is 341 g/mol. The molecule has 0 fully saturated rings. The lowest BCUT2D eigenvalue weighted by Crippen LogP contribution is -2.02. The van der Waals surface area contributed by atoms with Crippen LogP contribution in [0.4, 0.5) is 16.0 Å². The van der Waals surface area contributed by atoms with Gasteiger partial charge in [0.2, 0.25) is 5.95 Å². The number of aryl methyl sites for hydroxylation is 2. The summed E-state index contributed by atoms with van der Waals surface area (Å²) >= 11 is 0. The van der Waals surface area contributed by atoms with Crippen LogP contribution >= 0.6 is 0 Å². The molecule has 0 unspecified atom stereocenters. The van der Waals surface area contributed by atoms with Gasteiger partial charge in [-0.3, -0.25) is 4.68 Å². The number of benzene rings is 1. The molecule has 0 saturated carbocycles. The van der Waals surface area contributed by atoms with E-state index in [9.17, 15) is 9.18 Å². The zero-order valence-electron chi connectivity index (χ0n) is 13.7. The first-order chi connectivity index (χ1) is 12.0. The monoisotopic (exact) mass is 341 g/mol.